The molecular formula is C29H30F3N5O. The Morgan fingerprint density at radius 1 is 1.08 bits per heavy atom. The molecule has 9 heteroatoms. The summed E-state index contributed by atoms with van der Waals surface area (Å²) in [6, 6.07) is 13.6. The molecule has 1 aliphatic rings. The maximum Gasteiger partial charge on any atom is 0.418 e. The number of anilines is 3. The van der Waals surface area contributed by atoms with Gasteiger partial charge in [-0.05, 0) is 60.7 Å². The Bertz CT molecular complexity index is 1450. The number of fused-ring (bicyclic) bond motifs is 2. The molecule has 0 unspecified atom stereocenters. The van der Waals surface area contributed by atoms with Crippen LogP contribution in [0.2, 0.25) is 0 Å². The molecule has 2 aromatic carbocycles. The van der Waals surface area contributed by atoms with Crippen LogP contribution in [0.15, 0.2) is 54.7 Å². The van der Waals surface area contributed by atoms with Gasteiger partial charge in [0.05, 0.1) is 16.8 Å². The van der Waals surface area contributed by atoms with Gasteiger partial charge in [-0.15, -0.1) is 0 Å². The van der Waals surface area contributed by atoms with Crippen molar-refractivity contribution in [2.75, 3.05) is 30.4 Å². The zero-order valence-electron chi connectivity index (χ0n) is 21.6. The number of alkyl halides is 3. The average molecular weight is 522 g/mol. The first-order chi connectivity index (χ1) is 18.2. The Morgan fingerprint density at radius 2 is 1.92 bits per heavy atom. The molecule has 2 aromatic heterocycles. The van der Waals surface area contributed by atoms with Crippen molar-refractivity contribution in [3.05, 3.63) is 71.7 Å². The van der Waals surface area contributed by atoms with Gasteiger partial charge in [0.15, 0.2) is 5.82 Å². The van der Waals surface area contributed by atoms with Crippen molar-refractivity contribution < 1.29 is 17.9 Å². The Balaban J connectivity index is 1.57. The van der Waals surface area contributed by atoms with Gasteiger partial charge < -0.3 is 15.0 Å². The minimum absolute atomic E-state index is 0.134. The predicted octanol–water partition coefficient (Wildman–Crippen LogP) is 7.01. The number of aryl methyl sites for hydroxylation is 1. The van der Waals surface area contributed by atoms with Crippen molar-refractivity contribution in [3.8, 4) is 11.3 Å². The van der Waals surface area contributed by atoms with E-state index in [0.717, 1.165) is 31.1 Å². The molecular weight excluding hydrogens is 491 g/mol. The smallest absolute Gasteiger partial charge is 0.374 e. The van der Waals surface area contributed by atoms with E-state index in [1.54, 1.807) is 18.2 Å². The molecule has 0 atom stereocenters. The maximum absolute atomic E-state index is 13.7. The largest absolute Gasteiger partial charge is 0.418 e. The van der Waals surface area contributed by atoms with E-state index in [1.807, 2.05) is 6.07 Å². The van der Waals surface area contributed by atoms with Crippen LogP contribution >= 0.6 is 0 Å². The molecule has 6 nitrogen and oxygen atoms in total. The van der Waals surface area contributed by atoms with E-state index in [2.05, 4.69) is 53.2 Å². The second-order valence-corrected chi connectivity index (χ2v) is 10.0. The van der Waals surface area contributed by atoms with E-state index < -0.39 is 11.7 Å². The fourth-order valence-corrected chi connectivity index (χ4v) is 4.71. The van der Waals surface area contributed by atoms with Gasteiger partial charge in [0.1, 0.15) is 12.4 Å². The maximum atomic E-state index is 13.7. The molecule has 0 spiro atoms. The van der Waals surface area contributed by atoms with Crippen LogP contribution in [0.1, 0.15) is 37.2 Å². The lowest BCUT2D eigenvalue weighted by atomic mass is 10.0. The summed E-state index contributed by atoms with van der Waals surface area (Å²) in [6.45, 7) is 5.85. The third-order valence-corrected chi connectivity index (χ3v) is 6.51. The fourth-order valence-electron chi connectivity index (χ4n) is 4.71. The summed E-state index contributed by atoms with van der Waals surface area (Å²) >= 11 is 0. The topological polar surface area (TPSA) is 63.2 Å². The number of halogens is 3. The van der Waals surface area contributed by atoms with Gasteiger partial charge in [0.2, 0.25) is 0 Å². The molecule has 1 N–H and O–H groups in total. The summed E-state index contributed by atoms with van der Waals surface area (Å²) in [6.07, 6.45) is -0.989. The van der Waals surface area contributed by atoms with Crippen LogP contribution in [0.5, 0.6) is 0 Å². The number of benzene rings is 2. The summed E-state index contributed by atoms with van der Waals surface area (Å²) < 4.78 is 46.8. The van der Waals surface area contributed by atoms with Crippen molar-refractivity contribution in [2.24, 2.45) is 5.92 Å². The van der Waals surface area contributed by atoms with Crippen molar-refractivity contribution in [1.82, 2.24) is 15.0 Å². The van der Waals surface area contributed by atoms with E-state index in [1.165, 1.54) is 23.5 Å². The van der Waals surface area contributed by atoms with Crippen molar-refractivity contribution in [2.45, 2.75) is 39.5 Å². The van der Waals surface area contributed by atoms with E-state index in [0.29, 0.717) is 40.6 Å². The molecule has 38 heavy (non-hydrogen) atoms. The third kappa shape index (κ3) is 5.57. The molecule has 1 aliphatic heterocycles. The summed E-state index contributed by atoms with van der Waals surface area (Å²) in [5.41, 5.74) is 3.28. The van der Waals surface area contributed by atoms with Crippen LogP contribution in [-0.2, 0) is 23.9 Å². The number of rotatable bonds is 7. The second kappa shape index (κ2) is 10.6. The van der Waals surface area contributed by atoms with Gasteiger partial charge in [-0.2, -0.15) is 13.2 Å². The van der Waals surface area contributed by atoms with Crippen molar-refractivity contribution >= 4 is 28.1 Å². The van der Waals surface area contributed by atoms with Crippen LogP contribution in [0.25, 0.3) is 22.2 Å². The zero-order valence-corrected chi connectivity index (χ0v) is 21.6. The van der Waals surface area contributed by atoms with Crippen molar-refractivity contribution in [3.63, 3.8) is 0 Å². The molecule has 3 heterocycles. The number of pyridine rings is 1. The van der Waals surface area contributed by atoms with Gasteiger partial charge >= 0.3 is 6.18 Å². The van der Waals surface area contributed by atoms with E-state index in [-0.39, 0.29) is 12.3 Å². The molecule has 5 rings (SSSR count). The van der Waals surface area contributed by atoms with Crippen LogP contribution in [0.3, 0.4) is 0 Å². The average Bonchev–Trinajstić information content (AvgIpc) is 2.88. The number of ether oxygens (including phenoxy) is 1. The highest BCUT2D eigenvalue weighted by Gasteiger charge is 2.34. The molecule has 0 radical (unpaired) electrons. The second-order valence-electron chi connectivity index (χ2n) is 10.0. The quantitative estimate of drug-likeness (QED) is 0.282. The zero-order chi connectivity index (χ0) is 26.9. The molecule has 0 amide bonds. The lowest BCUT2D eigenvalue weighted by molar-refractivity contribution is -0.137. The SMILES string of the molecule is CC(C)COCc1nc(Nc2ccc3c(c2)N(C)CCC3)c2ccc(-c3ncccc3C(F)(F)F)cc2n1. The van der Waals surface area contributed by atoms with E-state index in [4.69, 9.17) is 9.72 Å². The van der Waals surface area contributed by atoms with Gasteiger partial charge in [-0.3, -0.25) is 4.98 Å². The van der Waals surface area contributed by atoms with Gasteiger partial charge in [0.25, 0.3) is 0 Å². The standard InChI is InChI=1S/C29H30F3N5O/c1-18(2)16-38-17-26-35-24-14-20(27-23(29(30,31)32)7-4-12-33-27)9-11-22(24)28(36-26)34-21-10-8-19-6-5-13-37(3)25(19)15-21/h4,7-12,14-15,18H,5-6,13,16-17H2,1-3H3,(H,34,35,36). The Hall–Kier alpha value is -3.72. The number of aromatic nitrogens is 3. The number of nitrogens with one attached hydrogen (secondary N) is 1. The number of hydrogen-bond donors (Lipinski definition) is 1. The highest BCUT2D eigenvalue weighted by molar-refractivity contribution is 5.93. The lowest BCUT2D eigenvalue weighted by Gasteiger charge is -2.28. The summed E-state index contributed by atoms with van der Waals surface area (Å²) in [5, 5.41) is 4.11. The van der Waals surface area contributed by atoms with Crippen LogP contribution in [-0.4, -0.2) is 35.2 Å². The summed E-state index contributed by atoms with van der Waals surface area (Å²) in [7, 11) is 2.08. The number of nitrogens with zero attached hydrogens (tertiary/aromatic N) is 4. The monoisotopic (exact) mass is 521 g/mol. The van der Waals surface area contributed by atoms with Crippen LogP contribution in [0.4, 0.5) is 30.4 Å². The molecule has 198 valence electrons. The Labute approximate surface area is 219 Å². The summed E-state index contributed by atoms with van der Waals surface area (Å²) in [4.78, 5) is 15.7. The number of hydrogen-bond acceptors (Lipinski definition) is 6. The molecule has 0 bridgehead atoms. The summed E-state index contributed by atoms with van der Waals surface area (Å²) in [5.74, 6) is 1.36. The van der Waals surface area contributed by atoms with Gasteiger partial charge in [-0.25, -0.2) is 9.97 Å². The third-order valence-electron chi connectivity index (χ3n) is 6.51. The minimum atomic E-state index is -4.52. The van der Waals surface area contributed by atoms with Crippen LogP contribution < -0.4 is 10.2 Å². The highest BCUT2D eigenvalue weighted by atomic mass is 19.4. The molecule has 0 saturated heterocycles. The predicted molar refractivity (Wildman–Crippen MR) is 144 cm³/mol. The van der Waals surface area contributed by atoms with Gasteiger partial charge in [-0.1, -0.05) is 26.0 Å². The Kier molecular flexibility index (Phi) is 7.21. The molecule has 4 aromatic rings. The van der Waals surface area contributed by atoms with Crippen LogP contribution in [0, 0.1) is 5.92 Å². The molecule has 0 saturated carbocycles. The van der Waals surface area contributed by atoms with Crippen molar-refractivity contribution in [1.29, 1.82) is 0 Å². The first-order valence-electron chi connectivity index (χ1n) is 12.7. The first-order valence-corrected chi connectivity index (χ1v) is 12.7. The first kappa shape index (κ1) is 25.9. The minimum Gasteiger partial charge on any atom is -0.374 e. The van der Waals surface area contributed by atoms with Gasteiger partial charge in [0, 0.05) is 48.7 Å². The molecule has 0 aliphatic carbocycles. The molecule has 0 fully saturated rings. The Morgan fingerprint density at radius 3 is 2.71 bits per heavy atom. The highest BCUT2D eigenvalue weighted by Crippen LogP contribution is 2.37. The van der Waals surface area contributed by atoms with E-state index in [9.17, 15) is 13.2 Å². The lowest BCUT2D eigenvalue weighted by Crippen LogP contribution is -2.24. The van der Waals surface area contributed by atoms with E-state index >= 15 is 0 Å². The fraction of sp³-hybridized carbons (Fsp3) is 0.345. The normalized spacial score (nSPS) is 13.7.